The number of hydrogen-bond donors (Lipinski definition) is 2. The van der Waals surface area contributed by atoms with Gasteiger partial charge in [-0.15, -0.1) is 0 Å². The molecular weight excluding hydrogens is 268 g/mol. The van der Waals surface area contributed by atoms with Crippen LogP contribution in [0.1, 0.15) is 22.0 Å². The first-order valence-electron chi connectivity index (χ1n) is 6.55. The summed E-state index contributed by atoms with van der Waals surface area (Å²) in [6, 6.07) is 14.2. The molecule has 0 aliphatic carbocycles. The minimum atomic E-state index is -0.471. The molecule has 0 aliphatic rings. The Hall–Kier alpha value is -2.53. The quantitative estimate of drug-likeness (QED) is 0.848. The van der Waals surface area contributed by atoms with Gasteiger partial charge >= 0.3 is 0 Å². The first-order chi connectivity index (χ1) is 10.2. The molecule has 1 unspecified atom stereocenters. The molecule has 0 saturated heterocycles. The molecule has 0 aliphatic heterocycles. The monoisotopic (exact) mass is 286 g/mol. The van der Waals surface area contributed by atoms with E-state index in [2.05, 4.69) is 0 Å². The molecule has 0 aromatic heterocycles. The maximum Gasteiger partial charge on any atom is 0.248 e. The van der Waals surface area contributed by atoms with Crippen molar-refractivity contribution in [1.82, 2.24) is 0 Å². The summed E-state index contributed by atoms with van der Waals surface area (Å²) < 4.78 is 11.2. The van der Waals surface area contributed by atoms with Crippen LogP contribution in [0.3, 0.4) is 0 Å². The molecule has 0 bridgehead atoms. The highest BCUT2D eigenvalue weighted by Gasteiger charge is 2.16. The maximum absolute atomic E-state index is 11.0. The Kier molecular flexibility index (Phi) is 4.79. The molecular formula is C16H18N2O3. The molecule has 1 amide bonds. The van der Waals surface area contributed by atoms with E-state index in [0.29, 0.717) is 17.9 Å². The van der Waals surface area contributed by atoms with Crippen LogP contribution in [-0.4, -0.2) is 19.6 Å². The number of primary amides is 1. The Bertz CT molecular complexity index is 611. The molecule has 0 spiro atoms. The van der Waals surface area contributed by atoms with Crippen LogP contribution < -0.4 is 20.9 Å². The molecule has 0 radical (unpaired) electrons. The largest absolute Gasteiger partial charge is 0.496 e. The van der Waals surface area contributed by atoms with Gasteiger partial charge in [-0.3, -0.25) is 4.79 Å². The Morgan fingerprint density at radius 3 is 2.38 bits per heavy atom. The van der Waals surface area contributed by atoms with Gasteiger partial charge in [0.25, 0.3) is 0 Å². The molecule has 4 N–H and O–H groups in total. The third kappa shape index (κ3) is 3.52. The van der Waals surface area contributed by atoms with Crippen molar-refractivity contribution in [1.29, 1.82) is 0 Å². The maximum atomic E-state index is 11.0. The number of methoxy groups -OCH3 is 1. The fraction of sp³-hybridized carbons (Fsp3) is 0.188. The molecule has 5 heteroatoms. The Balaban J connectivity index is 2.20. The summed E-state index contributed by atoms with van der Waals surface area (Å²) in [5.74, 6) is 0.865. The number of benzene rings is 2. The van der Waals surface area contributed by atoms with Gasteiger partial charge < -0.3 is 20.9 Å². The second-order valence-electron chi connectivity index (χ2n) is 4.47. The van der Waals surface area contributed by atoms with Crippen molar-refractivity contribution in [2.24, 2.45) is 11.5 Å². The van der Waals surface area contributed by atoms with Crippen LogP contribution in [0.2, 0.25) is 0 Å². The Labute approximate surface area is 123 Å². The predicted octanol–water partition coefficient (Wildman–Crippen LogP) is 1.87. The third-order valence-corrected chi connectivity index (χ3v) is 3.12. The Morgan fingerprint density at radius 1 is 1.14 bits per heavy atom. The van der Waals surface area contributed by atoms with E-state index in [4.69, 9.17) is 20.9 Å². The minimum absolute atomic E-state index is 0.304. The van der Waals surface area contributed by atoms with E-state index in [1.54, 1.807) is 31.4 Å². The lowest BCUT2D eigenvalue weighted by atomic mass is 10.1. The van der Waals surface area contributed by atoms with E-state index in [9.17, 15) is 4.79 Å². The lowest BCUT2D eigenvalue weighted by Crippen LogP contribution is -2.19. The minimum Gasteiger partial charge on any atom is -0.496 e. The number of carbonyl (C=O) groups is 1. The van der Waals surface area contributed by atoms with Crippen molar-refractivity contribution in [2.75, 3.05) is 13.7 Å². The molecule has 0 fully saturated rings. The van der Waals surface area contributed by atoms with Crippen molar-refractivity contribution >= 4 is 5.91 Å². The lowest BCUT2D eigenvalue weighted by molar-refractivity contribution is 0.1000. The van der Waals surface area contributed by atoms with E-state index in [0.717, 1.165) is 11.3 Å². The van der Waals surface area contributed by atoms with E-state index >= 15 is 0 Å². The number of para-hydroxylation sites is 1. The summed E-state index contributed by atoms with van der Waals surface area (Å²) >= 11 is 0. The van der Waals surface area contributed by atoms with Gasteiger partial charge in [-0.1, -0.05) is 18.2 Å². The topological polar surface area (TPSA) is 87.6 Å². The van der Waals surface area contributed by atoms with Gasteiger partial charge in [-0.05, 0) is 30.3 Å². The van der Waals surface area contributed by atoms with Crippen LogP contribution in [0.5, 0.6) is 11.5 Å². The van der Waals surface area contributed by atoms with Crippen LogP contribution in [0.25, 0.3) is 0 Å². The number of rotatable bonds is 6. The molecule has 110 valence electrons. The molecule has 0 saturated carbocycles. The molecule has 21 heavy (non-hydrogen) atoms. The first-order valence-corrected chi connectivity index (χ1v) is 6.55. The number of ether oxygens (including phenoxy) is 2. The van der Waals surface area contributed by atoms with Crippen LogP contribution in [0.4, 0.5) is 0 Å². The number of amides is 1. The van der Waals surface area contributed by atoms with Crippen molar-refractivity contribution in [3.05, 3.63) is 59.7 Å². The number of nitrogens with two attached hydrogens (primary N) is 2. The normalized spacial score (nSPS) is 11.7. The number of hydrogen-bond acceptors (Lipinski definition) is 4. The highest BCUT2D eigenvalue weighted by molar-refractivity contribution is 5.92. The SMILES string of the molecule is COc1ccccc1C(CN)Oc1ccc(C(N)=O)cc1. The zero-order valence-electron chi connectivity index (χ0n) is 11.8. The van der Waals surface area contributed by atoms with E-state index in [-0.39, 0.29) is 6.10 Å². The van der Waals surface area contributed by atoms with Gasteiger partial charge in [0.1, 0.15) is 17.6 Å². The number of carbonyl (C=O) groups excluding carboxylic acids is 1. The van der Waals surface area contributed by atoms with Crippen molar-refractivity contribution in [2.45, 2.75) is 6.10 Å². The smallest absolute Gasteiger partial charge is 0.248 e. The zero-order valence-corrected chi connectivity index (χ0v) is 11.8. The summed E-state index contributed by atoms with van der Waals surface area (Å²) in [7, 11) is 1.61. The molecule has 5 nitrogen and oxygen atoms in total. The highest BCUT2D eigenvalue weighted by Crippen LogP contribution is 2.28. The zero-order chi connectivity index (χ0) is 15.2. The van der Waals surface area contributed by atoms with Crippen LogP contribution in [0, 0.1) is 0 Å². The average Bonchev–Trinajstić information content (AvgIpc) is 2.53. The molecule has 2 rings (SSSR count). The van der Waals surface area contributed by atoms with Gasteiger partial charge in [0.15, 0.2) is 0 Å². The van der Waals surface area contributed by atoms with Crippen LogP contribution in [0.15, 0.2) is 48.5 Å². The summed E-state index contributed by atoms with van der Waals surface area (Å²) in [4.78, 5) is 11.0. The average molecular weight is 286 g/mol. The van der Waals surface area contributed by atoms with Gasteiger partial charge in [0, 0.05) is 17.7 Å². The van der Waals surface area contributed by atoms with Crippen molar-refractivity contribution in [3.63, 3.8) is 0 Å². The first kappa shape index (κ1) is 14.9. The molecule has 1 atom stereocenters. The van der Waals surface area contributed by atoms with Gasteiger partial charge in [0.05, 0.1) is 7.11 Å². The van der Waals surface area contributed by atoms with Gasteiger partial charge in [0.2, 0.25) is 5.91 Å². The summed E-state index contributed by atoms with van der Waals surface area (Å²) in [6.45, 7) is 0.304. The van der Waals surface area contributed by atoms with Gasteiger partial charge in [-0.25, -0.2) is 0 Å². The van der Waals surface area contributed by atoms with Crippen molar-refractivity contribution < 1.29 is 14.3 Å². The Morgan fingerprint density at radius 2 is 1.81 bits per heavy atom. The summed E-state index contributed by atoms with van der Waals surface area (Å²) in [5.41, 5.74) is 12.3. The lowest BCUT2D eigenvalue weighted by Gasteiger charge is -2.20. The van der Waals surface area contributed by atoms with Crippen LogP contribution >= 0.6 is 0 Å². The second kappa shape index (κ2) is 6.76. The predicted molar refractivity (Wildman–Crippen MR) is 80.4 cm³/mol. The third-order valence-electron chi connectivity index (χ3n) is 3.12. The summed E-state index contributed by atoms with van der Waals surface area (Å²) in [5, 5.41) is 0. The fourth-order valence-corrected chi connectivity index (χ4v) is 2.03. The van der Waals surface area contributed by atoms with Crippen molar-refractivity contribution in [3.8, 4) is 11.5 Å². The second-order valence-corrected chi connectivity index (χ2v) is 4.47. The van der Waals surface area contributed by atoms with E-state index in [1.165, 1.54) is 0 Å². The molecule has 0 heterocycles. The van der Waals surface area contributed by atoms with Gasteiger partial charge in [-0.2, -0.15) is 0 Å². The van der Waals surface area contributed by atoms with E-state index < -0.39 is 5.91 Å². The van der Waals surface area contributed by atoms with Crippen LogP contribution in [-0.2, 0) is 0 Å². The highest BCUT2D eigenvalue weighted by atomic mass is 16.5. The van der Waals surface area contributed by atoms with E-state index in [1.807, 2.05) is 24.3 Å². The molecule has 2 aromatic rings. The summed E-state index contributed by atoms with van der Waals surface area (Å²) in [6.07, 6.45) is -0.333. The fourth-order valence-electron chi connectivity index (χ4n) is 2.03. The molecule has 2 aromatic carbocycles. The standard InChI is InChI=1S/C16H18N2O3/c1-20-14-5-3-2-4-13(14)15(10-17)21-12-8-6-11(7-9-12)16(18)19/h2-9,15H,10,17H2,1H3,(H2,18,19).